The molecule has 0 aliphatic rings. The van der Waals surface area contributed by atoms with Gasteiger partial charge in [-0.2, -0.15) is 0 Å². The maximum atomic E-state index is 11.1. The fourth-order valence-corrected chi connectivity index (χ4v) is 1.75. The van der Waals surface area contributed by atoms with Crippen LogP contribution in [0.1, 0.15) is 45.2 Å². The lowest BCUT2D eigenvalue weighted by Crippen LogP contribution is -2.12. The minimum Gasteiger partial charge on any atom is -0.496 e. The third-order valence-corrected chi connectivity index (χ3v) is 2.89. The molecule has 0 atom stereocenters. The van der Waals surface area contributed by atoms with Crippen LogP contribution in [0.3, 0.4) is 0 Å². The fraction of sp³-hybridized carbons (Fsp3) is 0.533. The van der Waals surface area contributed by atoms with Crippen molar-refractivity contribution < 1.29 is 9.53 Å². The Morgan fingerprint density at radius 2 is 1.94 bits per heavy atom. The molecule has 0 saturated heterocycles. The molecule has 17 heavy (non-hydrogen) atoms. The van der Waals surface area contributed by atoms with Gasteiger partial charge in [-0.05, 0) is 36.0 Å². The zero-order chi connectivity index (χ0) is 13.1. The SMILES string of the molecule is COc1ccc(C(C)(C)C)cc1CCC(C)=O. The lowest BCUT2D eigenvalue weighted by Gasteiger charge is -2.21. The third-order valence-electron chi connectivity index (χ3n) is 2.89. The van der Waals surface area contributed by atoms with Crippen LogP contribution in [0.2, 0.25) is 0 Å². The van der Waals surface area contributed by atoms with Crippen LogP contribution in [0, 0.1) is 0 Å². The van der Waals surface area contributed by atoms with E-state index in [2.05, 4.69) is 32.9 Å². The van der Waals surface area contributed by atoms with Gasteiger partial charge >= 0.3 is 0 Å². The number of ether oxygens (including phenoxy) is 1. The summed E-state index contributed by atoms with van der Waals surface area (Å²) in [6.07, 6.45) is 1.33. The molecule has 1 rings (SSSR count). The molecule has 0 amide bonds. The zero-order valence-electron chi connectivity index (χ0n) is 11.5. The van der Waals surface area contributed by atoms with Gasteiger partial charge in [-0.15, -0.1) is 0 Å². The van der Waals surface area contributed by atoms with E-state index in [1.807, 2.05) is 6.07 Å². The van der Waals surface area contributed by atoms with Crippen molar-refractivity contribution in [3.8, 4) is 5.75 Å². The molecule has 0 saturated carbocycles. The van der Waals surface area contributed by atoms with E-state index in [0.717, 1.165) is 17.7 Å². The molecule has 0 aromatic heterocycles. The van der Waals surface area contributed by atoms with Crippen LogP contribution >= 0.6 is 0 Å². The molecule has 0 spiro atoms. The Labute approximate surface area is 104 Å². The number of hydrogen-bond donors (Lipinski definition) is 0. The smallest absolute Gasteiger partial charge is 0.130 e. The number of benzene rings is 1. The molecule has 0 fully saturated rings. The summed E-state index contributed by atoms with van der Waals surface area (Å²) in [5.74, 6) is 1.09. The number of ketones is 1. The highest BCUT2D eigenvalue weighted by Crippen LogP contribution is 2.28. The molecule has 1 aromatic carbocycles. The normalized spacial score (nSPS) is 11.4. The van der Waals surface area contributed by atoms with E-state index in [4.69, 9.17) is 4.74 Å². The number of carbonyl (C=O) groups is 1. The summed E-state index contributed by atoms with van der Waals surface area (Å²) >= 11 is 0. The molecule has 2 heteroatoms. The Bertz CT molecular complexity index is 400. The first-order chi connectivity index (χ1) is 7.84. The molecule has 0 radical (unpaired) electrons. The highest BCUT2D eigenvalue weighted by Gasteiger charge is 2.15. The average molecular weight is 234 g/mol. The van der Waals surface area contributed by atoms with E-state index in [-0.39, 0.29) is 11.2 Å². The molecule has 94 valence electrons. The number of carbonyl (C=O) groups excluding carboxylic acids is 1. The van der Waals surface area contributed by atoms with Crippen LogP contribution in [0.15, 0.2) is 18.2 Å². The van der Waals surface area contributed by atoms with Crippen molar-refractivity contribution in [3.63, 3.8) is 0 Å². The molecule has 0 aliphatic carbocycles. The zero-order valence-corrected chi connectivity index (χ0v) is 11.5. The van der Waals surface area contributed by atoms with Crippen LogP contribution in [-0.2, 0) is 16.6 Å². The van der Waals surface area contributed by atoms with Crippen molar-refractivity contribution in [3.05, 3.63) is 29.3 Å². The fourth-order valence-electron chi connectivity index (χ4n) is 1.75. The van der Waals surface area contributed by atoms with Crippen molar-refractivity contribution in [1.29, 1.82) is 0 Å². The molecular formula is C15H22O2. The van der Waals surface area contributed by atoms with E-state index in [1.54, 1.807) is 14.0 Å². The second-order valence-electron chi connectivity index (χ2n) is 5.48. The van der Waals surface area contributed by atoms with E-state index in [0.29, 0.717) is 6.42 Å². The Balaban J connectivity index is 3.02. The van der Waals surface area contributed by atoms with Crippen molar-refractivity contribution in [2.45, 2.75) is 46.0 Å². The highest BCUT2D eigenvalue weighted by molar-refractivity contribution is 5.75. The van der Waals surface area contributed by atoms with Gasteiger partial charge in [0.25, 0.3) is 0 Å². The van der Waals surface area contributed by atoms with Gasteiger partial charge in [0, 0.05) is 6.42 Å². The molecule has 2 nitrogen and oxygen atoms in total. The maximum Gasteiger partial charge on any atom is 0.130 e. The minimum atomic E-state index is 0.122. The quantitative estimate of drug-likeness (QED) is 0.796. The molecular weight excluding hydrogens is 212 g/mol. The van der Waals surface area contributed by atoms with E-state index in [1.165, 1.54) is 5.56 Å². The van der Waals surface area contributed by atoms with E-state index >= 15 is 0 Å². The summed E-state index contributed by atoms with van der Waals surface area (Å²) in [7, 11) is 1.67. The molecule has 1 aromatic rings. The summed E-state index contributed by atoms with van der Waals surface area (Å²) in [5, 5.41) is 0. The van der Waals surface area contributed by atoms with Crippen LogP contribution in [0.5, 0.6) is 5.75 Å². The Morgan fingerprint density at radius 3 is 2.41 bits per heavy atom. The topological polar surface area (TPSA) is 26.3 Å². The number of methoxy groups -OCH3 is 1. The Hall–Kier alpha value is -1.31. The minimum absolute atomic E-state index is 0.122. The van der Waals surface area contributed by atoms with Crippen molar-refractivity contribution in [2.24, 2.45) is 0 Å². The summed E-state index contributed by atoms with van der Waals surface area (Å²) in [4.78, 5) is 11.1. The van der Waals surface area contributed by atoms with Gasteiger partial charge in [0.2, 0.25) is 0 Å². The number of aryl methyl sites for hydroxylation is 1. The number of hydrogen-bond acceptors (Lipinski definition) is 2. The van der Waals surface area contributed by atoms with Crippen molar-refractivity contribution in [1.82, 2.24) is 0 Å². The maximum absolute atomic E-state index is 11.1. The first-order valence-corrected chi connectivity index (χ1v) is 6.01. The highest BCUT2D eigenvalue weighted by atomic mass is 16.5. The first kappa shape index (κ1) is 13.8. The van der Waals surface area contributed by atoms with Crippen LogP contribution in [0.25, 0.3) is 0 Å². The summed E-state index contributed by atoms with van der Waals surface area (Å²) < 4.78 is 5.33. The van der Waals surface area contributed by atoms with Gasteiger partial charge in [-0.1, -0.05) is 32.9 Å². The van der Waals surface area contributed by atoms with E-state index in [9.17, 15) is 4.79 Å². The second-order valence-corrected chi connectivity index (χ2v) is 5.48. The summed E-state index contributed by atoms with van der Waals surface area (Å²) in [6.45, 7) is 8.18. The number of rotatable bonds is 4. The van der Waals surface area contributed by atoms with Gasteiger partial charge in [0.05, 0.1) is 7.11 Å². The van der Waals surface area contributed by atoms with Crippen LogP contribution in [0.4, 0.5) is 0 Å². The van der Waals surface area contributed by atoms with Crippen LogP contribution < -0.4 is 4.74 Å². The largest absolute Gasteiger partial charge is 0.496 e. The predicted octanol–water partition coefficient (Wildman–Crippen LogP) is 3.51. The molecule has 0 bridgehead atoms. The van der Waals surface area contributed by atoms with Gasteiger partial charge in [-0.25, -0.2) is 0 Å². The third kappa shape index (κ3) is 3.88. The molecule has 0 heterocycles. The second kappa shape index (κ2) is 5.35. The lowest BCUT2D eigenvalue weighted by molar-refractivity contribution is -0.116. The van der Waals surface area contributed by atoms with Crippen molar-refractivity contribution >= 4 is 5.78 Å². The Kier molecular flexibility index (Phi) is 4.33. The molecule has 0 N–H and O–H groups in total. The molecule has 0 unspecified atom stereocenters. The first-order valence-electron chi connectivity index (χ1n) is 6.01. The molecule has 0 aliphatic heterocycles. The number of Topliss-reactive ketones (excluding diaryl/α,β-unsaturated/α-hetero) is 1. The lowest BCUT2D eigenvalue weighted by atomic mass is 9.85. The van der Waals surface area contributed by atoms with Crippen molar-refractivity contribution in [2.75, 3.05) is 7.11 Å². The Morgan fingerprint density at radius 1 is 1.29 bits per heavy atom. The summed E-state index contributed by atoms with van der Waals surface area (Å²) in [5.41, 5.74) is 2.52. The predicted molar refractivity (Wildman–Crippen MR) is 70.7 cm³/mol. The van der Waals surface area contributed by atoms with E-state index < -0.39 is 0 Å². The summed E-state index contributed by atoms with van der Waals surface area (Å²) in [6, 6.07) is 6.24. The van der Waals surface area contributed by atoms with Gasteiger partial charge in [0.15, 0.2) is 0 Å². The van der Waals surface area contributed by atoms with Gasteiger partial charge < -0.3 is 9.53 Å². The monoisotopic (exact) mass is 234 g/mol. The standard InChI is InChI=1S/C15H22O2/c1-11(16)6-7-12-10-13(15(2,3)4)8-9-14(12)17-5/h8-10H,6-7H2,1-5H3. The average Bonchev–Trinajstić information content (AvgIpc) is 2.24. The van der Waals surface area contributed by atoms with Crippen LogP contribution in [-0.4, -0.2) is 12.9 Å². The van der Waals surface area contributed by atoms with Gasteiger partial charge in [-0.3, -0.25) is 0 Å². The van der Waals surface area contributed by atoms with Gasteiger partial charge in [0.1, 0.15) is 11.5 Å².